The summed E-state index contributed by atoms with van der Waals surface area (Å²) in [5.41, 5.74) is 8.41. The van der Waals surface area contributed by atoms with Gasteiger partial charge in [0.15, 0.2) is 0 Å². The van der Waals surface area contributed by atoms with Crippen molar-refractivity contribution in [1.82, 2.24) is 19.8 Å². The molecule has 0 radical (unpaired) electrons. The van der Waals surface area contributed by atoms with Crippen LogP contribution in [0.3, 0.4) is 0 Å². The fraction of sp³-hybridized carbons (Fsp3) is 0.429. The van der Waals surface area contributed by atoms with Crippen molar-refractivity contribution in [1.29, 1.82) is 0 Å². The second-order valence-corrected chi connectivity index (χ2v) is 7.03. The van der Waals surface area contributed by atoms with Gasteiger partial charge in [-0.15, -0.1) is 0 Å². The molecule has 1 atom stereocenters. The van der Waals surface area contributed by atoms with Crippen LogP contribution in [0.15, 0.2) is 30.5 Å². The second kappa shape index (κ2) is 8.37. The lowest BCUT2D eigenvalue weighted by Crippen LogP contribution is -2.58. The molecule has 2 aromatic rings. The molecule has 7 heteroatoms. The summed E-state index contributed by atoms with van der Waals surface area (Å²) in [6.07, 6.45) is 3.12. The van der Waals surface area contributed by atoms with Crippen LogP contribution in [0, 0.1) is 6.92 Å². The first-order valence-electron chi connectivity index (χ1n) is 9.75. The first kappa shape index (κ1) is 19.8. The van der Waals surface area contributed by atoms with Gasteiger partial charge < -0.3 is 15.5 Å². The zero-order valence-electron chi connectivity index (χ0n) is 16.7. The molecule has 0 bridgehead atoms. The normalized spacial score (nSPS) is 17.1. The number of hydrogen-bond acceptors (Lipinski definition) is 5. The van der Waals surface area contributed by atoms with Gasteiger partial charge in [0.25, 0.3) is 5.91 Å². The highest BCUT2D eigenvalue weighted by Crippen LogP contribution is 2.23. The summed E-state index contributed by atoms with van der Waals surface area (Å²) >= 11 is 0. The Labute approximate surface area is 165 Å². The SMILES string of the molecule is CCC[C@@H]1C(=O)N(CC)CCN1C(=O)c1cccc(-c2cnc(N)c(C)n2)c1. The van der Waals surface area contributed by atoms with Crippen LogP contribution in [0.5, 0.6) is 0 Å². The summed E-state index contributed by atoms with van der Waals surface area (Å²) in [6.45, 7) is 7.60. The van der Waals surface area contributed by atoms with Crippen molar-refractivity contribution in [2.45, 2.75) is 39.7 Å². The number of amides is 2. The molecule has 0 saturated carbocycles. The molecule has 0 unspecified atom stereocenters. The van der Waals surface area contributed by atoms with E-state index in [1.54, 1.807) is 24.1 Å². The smallest absolute Gasteiger partial charge is 0.254 e. The highest BCUT2D eigenvalue weighted by atomic mass is 16.2. The van der Waals surface area contributed by atoms with Crippen LogP contribution in [0.1, 0.15) is 42.7 Å². The third-order valence-electron chi connectivity index (χ3n) is 5.18. The zero-order valence-corrected chi connectivity index (χ0v) is 16.7. The Kier molecular flexibility index (Phi) is 5.92. The van der Waals surface area contributed by atoms with E-state index in [0.29, 0.717) is 48.8 Å². The molecule has 1 saturated heterocycles. The summed E-state index contributed by atoms with van der Waals surface area (Å²) in [4.78, 5) is 38.1. The second-order valence-electron chi connectivity index (χ2n) is 7.03. The van der Waals surface area contributed by atoms with Gasteiger partial charge in [0.05, 0.1) is 17.6 Å². The van der Waals surface area contributed by atoms with Crippen molar-refractivity contribution in [3.63, 3.8) is 0 Å². The average Bonchev–Trinajstić information content (AvgIpc) is 2.71. The molecule has 28 heavy (non-hydrogen) atoms. The average molecular weight is 381 g/mol. The molecule has 1 aromatic carbocycles. The minimum atomic E-state index is -0.395. The van der Waals surface area contributed by atoms with E-state index in [-0.39, 0.29) is 11.8 Å². The number of carbonyl (C=O) groups is 2. The van der Waals surface area contributed by atoms with Gasteiger partial charge in [-0.25, -0.2) is 9.97 Å². The number of rotatable bonds is 5. The number of hydrogen-bond donors (Lipinski definition) is 1. The summed E-state index contributed by atoms with van der Waals surface area (Å²) in [5, 5.41) is 0. The number of nitrogens with two attached hydrogens (primary N) is 1. The van der Waals surface area contributed by atoms with E-state index in [1.165, 1.54) is 0 Å². The molecule has 0 aliphatic carbocycles. The van der Waals surface area contributed by atoms with Gasteiger partial charge in [-0.3, -0.25) is 9.59 Å². The van der Waals surface area contributed by atoms with E-state index >= 15 is 0 Å². The molecule has 2 amide bonds. The summed E-state index contributed by atoms with van der Waals surface area (Å²) in [6, 6.07) is 6.91. The van der Waals surface area contributed by atoms with Crippen LogP contribution in [0.2, 0.25) is 0 Å². The fourth-order valence-electron chi connectivity index (χ4n) is 3.56. The predicted molar refractivity (Wildman–Crippen MR) is 109 cm³/mol. The number of nitrogens with zero attached hydrogens (tertiary/aromatic N) is 4. The minimum absolute atomic E-state index is 0.0418. The monoisotopic (exact) mass is 381 g/mol. The van der Waals surface area contributed by atoms with Crippen LogP contribution in [-0.4, -0.2) is 57.3 Å². The number of likely N-dealkylation sites (N-methyl/N-ethyl adjacent to an activating group) is 1. The summed E-state index contributed by atoms with van der Waals surface area (Å²) in [5.74, 6) is 0.315. The van der Waals surface area contributed by atoms with Crippen molar-refractivity contribution in [2.24, 2.45) is 0 Å². The molecule has 2 heterocycles. The minimum Gasteiger partial charge on any atom is -0.382 e. The van der Waals surface area contributed by atoms with Gasteiger partial charge in [-0.2, -0.15) is 0 Å². The molecule has 1 aliphatic rings. The van der Waals surface area contributed by atoms with Crippen LogP contribution >= 0.6 is 0 Å². The van der Waals surface area contributed by atoms with Crippen LogP contribution in [-0.2, 0) is 4.79 Å². The molecule has 3 rings (SSSR count). The fourth-order valence-corrected chi connectivity index (χ4v) is 3.56. The van der Waals surface area contributed by atoms with E-state index in [4.69, 9.17) is 5.73 Å². The Hall–Kier alpha value is -2.96. The van der Waals surface area contributed by atoms with Crippen molar-refractivity contribution in [3.05, 3.63) is 41.7 Å². The van der Waals surface area contributed by atoms with Crippen LogP contribution < -0.4 is 5.73 Å². The molecule has 7 nitrogen and oxygen atoms in total. The lowest BCUT2D eigenvalue weighted by atomic mass is 10.0. The topological polar surface area (TPSA) is 92.4 Å². The number of anilines is 1. The zero-order chi connectivity index (χ0) is 20.3. The molecular formula is C21H27N5O2. The van der Waals surface area contributed by atoms with E-state index in [0.717, 1.165) is 12.0 Å². The maximum absolute atomic E-state index is 13.2. The number of aryl methyl sites for hydroxylation is 1. The number of benzene rings is 1. The van der Waals surface area contributed by atoms with Crippen molar-refractivity contribution in [2.75, 3.05) is 25.4 Å². The molecule has 1 fully saturated rings. The first-order valence-corrected chi connectivity index (χ1v) is 9.75. The van der Waals surface area contributed by atoms with Gasteiger partial charge >= 0.3 is 0 Å². The Morgan fingerprint density at radius 1 is 1.29 bits per heavy atom. The lowest BCUT2D eigenvalue weighted by Gasteiger charge is -2.40. The third kappa shape index (κ3) is 3.83. The number of nitrogen functional groups attached to an aromatic ring is 1. The largest absolute Gasteiger partial charge is 0.382 e. The van der Waals surface area contributed by atoms with Gasteiger partial charge in [-0.05, 0) is 32.4 Å². The van der Waals surface area contributed by atoms with E-state index in [2.05, 4.69) is 9.97 Å². The van der Waals surface area contributed by atoms with Crippen molar-refractivity contribution >= 4 is 17.6 Å². The Bertz CT molecular complexity index is 883. The van der Waals surface area contributed by atoms with E-state index in [1.807, 2.05) is 36.9 Å². The number of aromatic nitrogens is 2. The number of carbonyl (C=O) groups excluding carboxylic acids is 2. The predicted octanol–water partition coefficient (Wildman–Crippen LogP) is 2.51. The summed E-state index contributed by atoms with van der Waals surface area (Å²) in [7, 11) is 0. The highest BCUT2D eigenvalue weighted by molar-refractivity contribution is 5.99. The molecule has 2 N–H and O–H groups in total. The van der Waals surface area contributed by atoms with Gasteiger partial charge in [0.1, 0.15) is 11.9 Å². The van der Waals surface area contributed by atoms with Crippen molar-refractivity contribution in [3.8, 4) is 11.3 Å². The van der Waals surface area contributed by atoms with E-state index in [9.17, 15) is 9.59 Å². The molecule has 1 aromatic heterocycles. The molecule has 1 aliphatic heterocycles. The Balaban J connectivity index is 1.89. The maximum Gasteiger partial charge on any atom is 0.254 e. The van der Waals surface area contributed by atoms with Crippen LogP contribution in [0.4, 0.5) is 5.82 Å². The van der Waals surface area contributed by atoms with Crippen LogP contribution in [0.25, 0.3) is 11.3 Å². The molecular weight excluding hydrogens is 354 g/mol. The third-order valence-corrected chi connectivity index (χ3v) is 5.18. The first-order chi connectivity index (χ1) is 13.5. The Morgan fingerprint density at radius 3 is 2.75 bits per heavy atom. The van der Waals surface area contributed by atoms with Gasteiger partial charge in [-0.1, -0.05) is 25.5 Å². The Morgan fingerprint density at radius 2 is 2.07 bits per heavy atom. The van der Waals surface area contributed by atoms with Gasteiger partial charge in [0, 0.05) is 30.8 Å². The molecule has 0 spiro atoms. The summed E-state index contributed by atoms with van der Waals surface area (Å²) < 4.78 is 0. The number of piperazine rings is 1. The standard InChI is InChI=1S/C21H27N5O2/c1-4-7-18-21(28)25(5-2)10-11-26(18)20(27)16-9-6-8-15(12-16)17-13-23-19(22)14(3)24-17/h6,8-9,12-13,18H,4-5,7,10-11H2,1-3H3,(H2,22,23)/t18-/m1/s1. The maximum atomic E-state index is 13.2. The van der Waals surface area contributed by atoms with E-state index < -0.39 is 6.04 Å². The van der Waals surface area contributed by atoms with Crippen molar-refractivity contribution < 1.29 is 9.59 Å². The quantitative estimate of drug-likeness (QED) is 0.859. The molecule has 148 valence electrons. The highest BCUT2D eigenvalue weighted by Gasteiger charge is 2.36. The van der Waals surface area contributed by atoms with Gasteiger partial charge in [0.2, 0.25) is 5.91 Å². The lowest BCUT2D eigenvalue weighted by molar-refractivity contribution is -0.140.